The van der Waals surface area contributed by atoms with E-state index >= 15 is 0 Å². The van der Waals surface area contributed by atoms with E-state index < -0.39 is 0 Å². The minimum atomic E-state index is 0.343. The third-order valence-electron chi connectivity index (χ3n) is 1.73. The first-order valence-corrected chi connectivity index (χ1v) is 4.40. The van der Waals surface area contributed by atoms with Gasteiger partial charge in [0.1, 0.15) is 4.47 Å². The molecule has 0 aliphatic carbocycles. The van der Waals surface area contributed by atoms with Crippen molar-refractivity contribution < 1.29 is 4.52 Å². The summed E-state index contributed by atoms with van der Waals surface area (Å²) >= 11 is 3.28. The van der Waals surface area contributed by atoms with Crippen molar-refractivity contribution >= 4 is 21.7 Å². The van der Waals surface area contributed by atoms with Crippen LogP contribution in [0.1, 0.15) is 5.69 Å². The fourth-order valence-electron chi connectivity index (χ4n) is 1.04. The molecule has 0 bridgehead atoms. The minimum Gasteiger partial charge on any atom is -0.380 e. The van der Waals surface area contributed by atoms with Crippen molar-refractivity contribution in [2.24, 2.45) is 0 Å². The van der Waals surface area contributed by atoms with Gasteiger partial charge in [-0.3, -0.25) is 5.10 Å². The van der Waals surface area contributed by atoms with Crippen molar-refractivity contribution in [3.8, 4) is 11.3 Å². The number of rotatable bonds is 1. The molecule has 0 fully saturated rings. The maximum absolute atomic E-state index is 5.51. The topological polar surface area (TPSA) is 80.7 Å². The SMILES string of the molecule is Cc1[nH]ncc1-c1onc(N)c1Br. The molecule has 13 heavy (non-hydrogen) atoms. The highest BCUT2D eigenvalue weighted by Gasteiger charge is 2.15. The lowest BCUT2D eigenvalue weighted by molar-refractivity contribution is 0.435. The number of aromatic amines is 1. The summed E-state index contributed by atoms with van der Waals surface area (Å²) in [6.45, 7) is 1.90. The van der Waals surface area contributed by atoms with Gasteiger partial charge in [0.2, 0.25) is 0 Å². The molecule has 0 saturated carbocycles. The number of aryl methyl sites for hydroxylation is 1. The average molecular weight is 243 g/mol. The number of hydrogen-bond acceptors (Lipinski definition) is 4. The number of nitrogen functional groups attached to an aromatic ring is 1. The molecule has 68 valence electrons. The van der Waals surface area contributed by atoms with Gasteiger partial charge < -0.3 is 10.3 Å². The van der Waals surface area contributed by atoms with E-state index in [1.54, 1.807) is 6.20 Å². The molecule has 0 radical (unpaired) electrons. The minimum absolute atomic E-state index is 0.343. The van der Waals surface area contributed by atoms with Crippen LogP contribution in [0.3, 0.4) is 0 Å². The van der Waals surface area contributed by atoms with Gasteiger partial charge in [-0.05, 0) is 22.9 Å². The largest absolute Gasteiger partial charge is 0.380 e. The third kappa shape index (κ3) is 1.23. The second-order valence-corrected chi connectivity index (χ2v) is 3.41. The van der Waals surface area contributed by atoms with Gasteiger partial charge in [-0.2, -0.15) is 5.10 Å². The molecular weight excluding hydrogens is 236 g/mol. The molecule has 2 rings (SSSR count). The van der Waals surface area contributed by atoms with Crippen molar-refractivity contribution in [2.75, 3.05) is 5.73 Å². The Balaban J connectivity index is 2.59. The maximum atomic E-state index is 5.51. The zero-order chi connectivity index (χ0) is 9.42. The predicted octanol–water partition coefficient (Wildman–Crippen LogP) is 1.72. The summed E-state index contributed by atoms with van der Waals surface area (Å²) < 4.78 is 5.70. The molecule has 5 nitrogen and oxygen atoms in total. The van der Waals surface area contributed by atoms with Gasteiger partial charge in [0, 0.05) is 5.69 Å². The molecule has 0 spiro atoms. The number of H-pyrrole nitrogens is 1. The summed E-state index contributed by atoms with van der Waals surface area (Å²) in [6, 6.07) is 0. The van der Waals surface area contributed by atoms with Crippen LogP contribution in [0.2, 0.25) is 0 Å². The first-order valence-electron chi connectivity index (χ1n) is 3.61. The highest BCUT2D eigenvalue weighted by molar-refractivity contribution is 9.10. The first kappa shape index (κ1) is 8.31. The normalized spacial score (nSPS) is 10.6. The van der Waals surface area contributed by atoms with Gasteiger partial charge in [0.05, 0.1) is 11.8 Å². The van der Waals surface area contributed by atoms with Crippen molar-refractivity contribution in [1.29, 1.82) is 0 Å². The molecule has 0 atom stereocenters. The van der Waals surface area contributed by atoms with Crippen LogP contribution >= 0.6 is 15.9 Å². The molecule has 2 heterocycles. The summed E-state index contributed by atoms with van der Waals surface area (Å²) in [5.74, 6) is 0.944. The van der Waals surface area contributed by atoms with Gasteiger partial charge >= 0.3 is 0 Å². The van der Waals surface area contributed by atoms with Gasteiger partial charge in [0.15, 0.2) is 11.6 Å². The van der Waals surface area contributed by atoms with Gasteiger partial charge in [-0.25, -0.2) is 0 Å². The van der Waals surface area contributed by atoms with Crippen LogP contribution in [0.4, 0.5) is 5.82 Å². The highest BCUT2D eigenvalue weighted by Crippen LogP contribution is 2.33. The van der Waals surface area contributed by atoms with Crippen LogP contribution < -0.4 is 5.73 Å². The van der Waals surface area contributed by atoms with E-state index in [0.29, 0.717) is 16.1 Å². The van der Waals surface area contributed by atoms with Crippen LogP contribution in [-0.4, -0.2) is 15.4 Å². The van der Waals surface area contributed by atoms with E-state index in [4.69, 9.17) is 10.3 Å². The Morgan fingerprint density at radius 2 is 2.38 bits per heavy atom. The molecular formula is C7H7BrN4O. The maximum Gasteiger partial charge on any atom is 0.186 e. The standard InChI is InChI=1S/C7H7BrN4O/c1-3-4(2-10-11-3)6-5(8)7(9)12-13-6/h2H,1H3,(H2,9,12)(H,10,11). The Labute approximate surface area is 82.4 Å². The van der Waals surface area contributed by atoms with E-state index in [1.807, 2.05) is 6.92 Å². The zero-order valence-electron chi connectivity index (χ0n) is 6.84. The third-order valence-corrected chi connectivity index (χ3v) is 2.50. The van der Waals surface area contributed by atoms with Gasteiger partial charge in [-0.1, -0.05) is 5.16 Å². The quantitative estimate of drug-likeness (QED) is 0.798. The molecule has 2 aromatic rings. The van der Waals surface area contributed by atoms with E-state index in [1.165, 1.54) is 0 Å². The first-order chi connectivity index (χ1) is 6.20. The number of aromatic nitrogens is 3. The Hall–Kier alpha value is -1.30. The van der Waals surface area contributed by atoms with Crippen LogP contribution in [-0.2, 0) is 0 Å². The number of nitrogens with two attached hydrogens (primary N) is 1. The number of hydrogen-bond donors (Lipinski definition) is 2. The molecule has 0 saturated heterocycles. The smallest absolute Gasteiger partial charge is 0.186 e. The second-order valence-electron chi connectivity index (χ2n) is 2.62. The summed E-state index contributed by atoms with van der Waals surface area (Å²) in [4.78, 5) is 0. The summed E-state index contributed by atoms with van der Waals surface area (Å²) in [5.41, 5.74) is 7.29. The Morgan fingerprint density at radius 1 is 1.62 bits per heavy atom. The predicted molar refractivity (Wildman–Crippen MR) is 50.9 cm³/mol. The molecule has 2 aromatic heterocycles. The van der Waals surface area contributed by atoms with E-state index in [9.17, 15) is 0 Å². The van der Waals surface area contributed by atoms with Crippen molar-refractivity contribution in [1.82, 2.24) is 15.4 Å². The van der Waals surface area contributed by atoms with E-state index in [-0.39, 0.29) is 0 Å². The molecule has 0 aromatic carbocycles. The monoisotopic (exact) mass is 242 g/mol. The highest BCUT2D eigenvalue weighted by atomic mass is 79.9. The summed E-state index contributed by atoms with van der Waals surface area (Å²) in [7, 11) is 0. The zero-order valence-corrected chi connectivity index (χ0v) is 8.42. The number of nitrogens with one attached hydrogen (secondary N) is 1. The summed E-state index contributed by atoms with van der Waals surface area (Å²) in [6.07, 6.45) is 1.67. The number of halogens is 1. The Bertz CT molecular complexity index is 433. The van der Waals surface area contributed by atoms with Crippen molar-refractivity contribution in [2.45, 2.75) is 6.92 Å². The van der Waals surface area contributed by atoms with Gasteiger partial charge in [-0.15, -0.1) is 0 Å². The molecule has 0 unspecified atom stereocenters. The molecule has 6 heteroatoms. The average Bonchev–Trinajstić information content (AvgIpc) is 2.62. The lowest BCUT2D eigenvalue weighted by Gasteiger charge is -1.91. The molecule has 3 N–H and O–H groups in total. The van der Waals surface area contributed by atoms with Crippen LogP contribution in [0.5, 0.6) is 0 Å². The summed E-state index contributed by atoms with van der Waals surface area (Å²) in [5, 5.41) is 10.3. The Kier molecular flexibility index (Phi) is 1.84. The fraction of sp³-hybridized carbons (Fsp3) is 0.143. The van der Waals surface area contributed by atoms with E-state index in [0.717, 1.165) is 11.3 Å². The number of anilines is 1. The Morgan fingerprint density at radius 3 is 2.85 bits per heavy atom. The van der Waals surface area contributed by atoms with Gasteiger partial charge in [0.25, 0.3) is 0 Å². The van der Waals surface area contributed by atoms with Crippen LogP contribution in [0, 0.1) is 6.92 Å². The van der Waals surface area contributed by atoms with E-state index in [2.05, 4.69) is 31.3 Å². The lowest BCUT2D eigenvalue weighted by Crippen LogP contribution is -1.83. The fourth-order valence-corrected chi connectivity index (χ4v) is 1.40. The van der Waals surface area contributed by atoms with Crippen LogP contribution in [0.25, 0.3) is 11.3 Å². The molecule has 0 aliphatic heterocycles. The lowest BCUT2D eigenvalue weighted by atomic mass is 10.2. The van der Waals surface area contributed by atoms with Crippen LogP contribution in [0.15, 0.2) is 15.2 Å². The second kappa shape index (κ2) is 2.88. The van der Waals surface area contributed by atoms with Crippen molar-refractivity contribution in [3.05, 3.63) is 16.4 Å². The number of nitrogens with zero attached hydrogens (tertiary/aromatic N) is 2. The molecule has 0 amide bonds. The van der Waals surface area contributed by atoms with Crippen molar-refractivity contribution in [3.63, 3.8) is 0 Å². The molecule has 0 aliphatic rings.